The Kier molecular flexibility index (Phi) is 4.61. The van der Waals surface area contributed by atoms with Crippen LogP contribution in [0.5, 0.6) is 0 Å². The highest BCUT2D eigenvalue weighted by atomic mass is 16.6. The number of nitrogens with zero attached hydrogens (tertiary/aromatic N) is 4. The van der Waals surface area contributed by atoms with E-state index in [2.05, 4.69) is 17.2 Å². The monoisotopic (exact) mass is 382 g/mol. The largest absolute Gasteiger partial charge is 0.444 e. The maximum absolute atomic E-state index is 12.7. The number of benzene rings is 1. The van der Waals surface area contributed by atoms with Crippen molar-refractivity contribution in [1.82, 2.24) is 14.7 Å². The van der Waals surface area contributed by atoms with Gasteiger partial charge in [0.2, 0.25) is 5.91 Å². The fourth-order valence-electron chi connectivity index (χ4n) is 3.83. The fraction of sp³-hybridized carbons (Fsp3) is 0.476. The zero-order valence-electron chi connectivity index (χ0n) is 16.6. The second-order valence-electron chi connectivity index (χ2n) is 8.42. The minimum Gasteiger partial charge on any atom is -0.444 e. The summed E-state index contributed by atoms with van der Waals surface area (Å²) >= 11 is 0. The maximum Gasteiger partial charge on any atom is 0.410 e. The van der Waals surface area contributed by atoms with Crippen molar-refractivity contribution in [2.45, 2.75) is 51.8 Å². The molecule has 0 spiro atoms. The van der Waals surface area contributed by atoms with Crippen LogP contribution in [0, 0.1) is 0 Å². The molecule has 2 amide bonds. The third-order valence-corrected chi connectivity index (χ3v) is 5.19. The molecule has 2 aromatic rings. The van der Waals surface area contributed by atoms with E-state index in [1.165, 1.54) is 5.56 Å². The van der Waals surface area contributed by atoms with Gasteiger partial charge in [-0.1, -0.05) is 30.3 Å². The highest BCUT2D eigenvalue weighted by Crippen LogP contribution is 2.34. The van der Waals surface area contributed by atoms with Gasteiger partial charge in [-0.25, -0.2) is 4.79 Å². The number of ether oxygens (including phenoxy) is 1. The average Bonchev–Trinajstić information content (AvgIpc) is 3.23. The van der Waals surface area contributed by atoms with E-state index in [4.69, 9.17) is 4.74 Å². The summed E-state index contributed by atoms with van der Waals surface area (Å²) in [5.41, 5.74) is 2.33. The summed E-state index contributed by atoms with van der Waals surface area (Å²) in [5, 5.41) is 4.45. The number of fused-ring (bicyclic) bond motifs is 1. The summed E-state index contributed by atoms with van der Waals surface area (Å²) in [6.07, 6.45) is 1.91. The Labute approximate surface area is 164 Å². The molecule has 2 aliphatic rings. The molecule has 7 nitrogen and oxygen atoms in total. The van der Waals surface area contributed by atoms with Gasteiger partial charge in [-0.3, -0.25) is 9.48 Å². The minimum absolute atomic E-state index is 0.0963. The van der Waals surface area contributed by atoms with Crippen LogP contribution in [0.2, 0.25) is 0 Å². The average molecular weight is 382 g/mol. The van der Waals surface area contributed by atoms with Gasteiger partial charge in [0.15, 0.2) is 0 Å². The van der Waals surface area contributed by atoms with Crippen molar-refractivity contribution in [2.24, 2.45) is 0 Å². The van der Waals surface area contributed by atoms with Crippen molar-refractivity contribution in [3.63, 3.8) is 0 Å². The van der Waals surface area contributed by atoms with Crippen LogP contribution < -0.4 is 4.90 Å². The first-order valence-corrected chi connectivity index (χ1v) is 9.70. The highest BCUT2D eigenvalue weighted by molar-refractivity contribution is 5.97. The van der Waals surface area contributed by atoms with Crippen LogP contribution in [-0.2, 0) is 22.6 Å². The summed E-state index contributed by atoms with van der Waals surface area (Å²) in [5.74, 6) is 0.272. The number of amides is 2. The van der Waals surface area contributed by atoms with Gasteiger partial charge in [0.05, 0.1) is 30.7 Å². The summed E-state index contributed by atoms with van der Waals surface area (Å²) in [6.45, 7) is 7.74. The Balaban J connectivity index is 1.53. The lowest BCUT2D eigenvalue weighted by atomic mass is 9.98. The molecule has 4 rings (SSSR count). The molecule has 148 valence electrons. The van der Waals surface area contributed by atoms with Gasteiger partial charge < -0.3 is 14.5 Å². The zero-order valence-corrected chi connectivity index (χ0v) is 16.6. The lowest BCUT2D eigenvalue weighted by Crippen LogP contribution is -2.42. The van der Waals surface area contributed by atoms with Crippen LogP contribution in [0.4, 0.5) is 10.5 Å². The van der Waals surface area contributed by atoms with E-state index in [1.54, 1.807) is 11.1 Å². The van der Waals surface area contributed by atoms with Crippen molar-refractivity contribution >= 4 is 17.7 Å². The molecule has 1 atom stereocenters. The van der Waals surface area contributed by atoms with Gasteiger partial charge in [0.25, 0.3) is 0 Å². The van der Waals surface area contributed by atoms with Crippen LogP contribution in [0.1, 0.15) is 44.4 Å². The van der Waals surface area contributed by atoms with Gasteiger partial charge in [0, 0.05) is 25.4 Å². The highest BCUT2D eigenvalue weighted by Gasteiger charge is 2.36. The summed E-state index contributed by atoms with van der Waals surface area (Å²) in [4.78, 5) is 28.7. The lowest BCUT2D eigenvalue weighted by molar-refractivity contribution is -0.117. The first-order chi connectivity index (χ1) is 13.3. The third-order valence-electron chi connectivity index (χ3n) is 5.19. The molecule has 1 fully saturated rings. The summed E-state index contributed by atoms with van der Waals surface area (Å²) in [6, 6.07) is 10.1. The van der Waals surface area contributed by atoms with Gasteiger partial charge in [-0.2, -0.15) is 5.10 Å². The van der Waals surface area contributed by atoms with E-state index in [-0.39, 0.29) is 17.9 Å². The first kappa shape index (κ1) is 18.5. The molecule has 28 heavy (non-hydrogen) atoms. The topological polar surface area (TPSA) is 67.7 Å². The van der Waals surface area contributed by atoms with Crippen LogP contribution in [0.15, 0.2) is 36.5 Å². The van der Waals surface area contributed by atoms with Gasteiger partial charge >= 0.3 is 6.09 Å². The van der Waals surface area contributed by atoms with Crippen molar-refractivity contribution in [1.29, 1.82) is 0 Å². The van der Waals surface area contributed by atoms with Crippen molar-refractivity contribution in [3.8, 4) is 0 Å². The maximum atomic E-state index is 12.7. The van der Waals surface area contributed by atoms with E-state index < -0.39 is 5.60 Å². The molecule has 3 heterocycles. The van der Waals surface area contributed by atoms with E-state index in [0.29, 0.717) is 32.6 Å². The number of hydrogen-bond donors (Lipinski definition) is 0. The number of hydrogen-bond acceptors (Lipinski definition) is 4. The molecule has 0 saturated carbocycles. The molecule has 1 aromatic heterocycles. The quantitative estimate of drug-likeness (QED) is 0.800. The third kappa shape index (κ3) is 3.61. The van der Waals surface area contributed by atoms with Crippen molar-refractivity contribution in [2.75, 3.05) is 18.0 Å². The van der Waals surface area contributed by atoms with E-state index in [1.807, 2.05) is 48.6 Å². The second-order valence-corrected chi connectivity index (χ2v) is 8.42. The van der Waals surface area contributed by atoms with Gasteiger partial charge in [-0.15, -0.1) is 0 Å². The number of anilines is 1. The Morgan fingerprint density at radius 3 is 2.64 bits per heavy atom. The van der Waals surface area contributed by atoms with Crippen molar-refractivity contribution in [3.05, 3.63) is 47.8 Å². The number of aromatic nitrogens is 2. The van der Waals surface area contributed by atoms with Crippen LogP contribution >= 0.6 is 0 Å². The minimum atomic E-state index is -0.536. The van der Waals surface area contributed by atoms with Crippen LogP contribution in [-0.4, -0.2) is 45.4 Å². The Morgan fingerprint density at radius 1 is 1.18 bits per heavy atom. The van der Waals surface area contributed by atoms with Crippen LogP contribution in [0.3, 0.4) is 0 Å². The molecule has 0 N–H and O–H groups in total. The SMILES string of the molecule is CC(C)(C)OC(=O)N1CCn2ncc(N3CC(c4ccccc4)CC3=O)c2C1. The van der Waals surface area contributed by atoms with E-state index in [9.17, 15) is 9.59 Å². The number of carbonyl (C=O) groups is 2. The fourth-order valence-corrected chi connectivity index (χ4v) is 3.83. The number of carbonyl (C=O) groups excluding carboxylic acids is 2. The summed E-state index contributed by atoms with van der Waals surface area (Å²) < 4.78 is 7.40. The zero-order chi connectivity index (χ0) is 19.9. The molecular formula is C21H26N4O3. The smallest absolute Gasteiger partial charge is 0.410 e. The molecule has 2 aliphatic heterocycles. The predicted octanol–water partition coefficient (Wildman–Crippen LogP) is 3.15. The van der Waals surface area contributed by atoms with Crippen molar-refractivity contribution < 1.29 is 14.3 Å². The van der Waals surface area contributed by atoms with Gasteiger partial charge in [0.1, 0.15) is 5.60 Å². The summed E-state index contributed by atoms with van der Waals surface area (Å²) in [7, 11) is 0. The Hall–Kier alpha value is -2.83. The predicted molar refractivity (Wildman–Crippen MR) is 105 cm³/mol. The Bertz CT molecular complexity index is 885. The van der Waals surface area contributed by atoms with E-state index >= 15 is 0 Å². The molecule has 0 aliphatic carbocycles. The molecular weight excluding hydrogens is 356 g/mol. The molecule has 7 heteroatoms. The lowest BCUT2D eigenvalue weighted by Gasteiger charge is -2.31. The number of rotatable bonds is 2. The molecule has 0 bridgehead atoms. The Morgan fingerprint density at radius 2 is 1.93 bits per heavy atom. The molecule has 1 aromatic carbocycles. The molecule has 0 radical (unpaired) electrons. The second kappa shape index (κ2) is 6.96. The van der Waals surface area contributed by atoms with Crippen LogP contribution in [0.25, 0.3) is 0 Å². The molecule has 1 unspecified atom stereocenters. The standard InChI is InChI=1S/C21H26N4O3/c1-21(2,3)28-20(27)23-9-10-25-18(14-23)17(12-22-25)24-13-16(11-19(24)26)15-7-5-4-6-8-15/h4-8,12,16H,9-11,13-14H2,1-3H3. The van der Waals surface area contributed by atoms with E-state index in [0.717, 1.165) is 11.4 Å². The molecule has 1 saturated heterocycles. The normalized spacial score (nSPS) is 19.7. The first-order valence-electron chi connectivity index (χ1n) is 9.70. The van der Waals surface area contributed by atoms with Gasteiger partial charge in [-0.05, 0) is 26.3 Å².